The summed E-state index contributed by atoms with van der Waals surface area (Å²) >= 11 is 0. The van der Waals surface area contributed by atoms with Gasteiger partial charge in [0, 0.05) is 13.1 Å². The van der Waals surface area contributed by atoms with Gasteiger partial charge in [0.05, 0.1) is 29.5 Å². The van der Waals surface area contributed by atoms with Gasteiger partial charge in [-0.15, -0.1) is 0 Å². The molecular formula is C15H21N3O3. The molecule has 6 heteroatoms. The fraction of sp³-hybridized carbons (Fsp3) is 0.467. The fourth-order valence-electron chi connectivity index (χ4n) is 2.61. The highest BCUT2D eigenvalue weighted by Gasteiger charge is 2.25. The highest BCUT2D eigenvalue weighted by atomic mass is 16.5. The lowest BCUT2D eigenvalue weighted by atomic mass is 9.96. The Balaban J connectivity index is 2.17. The largest absolute Gasteiger partial charge is 0.462 e. The highest BCUT2D eigenvalue weighted by molar-refractivity contribution is 5.92. The van der Waals surface area contributed by atoms with Crippen LogP contribution in [0.3, 0.4) is 0 Å². The molecule has 1 aliphatic rings. The number of nitrogens with zero attached hydrogens (tertiary/aromatic N) is 1. The molecule has 0 saturated carbocycles. The number of hydrogen-bond donors (Lipinski definition) is 2. The summed E-state index contributed by atoms with van der Waals surface area (Å²) < 4.78 is 4.95. The second kappa shape index (κ2) is 6.47. The van der Waals surface area contributed by atoms with Crippen LogP contribution in [-0.4, -0.2) is 31.6 Å². The summed E-state index contributed by atoms with van der Waals surface area (Å²) in [6.07, 6.45) is 1.71. The van der Waals surface area contributed by atoms with E-state index in [0.717, 1.165) is 25.1 Å². The Morgan fingerprint density at radius 3 is 2.81 bits per heavy atom. The third-order valence-corrected chi connectivity index (χ3v) is 3.70. The van der Waals surface area contributed by atoms with Crippen molar-refractivity contribution < 1.29 is 14.3 Å². The predicted octanol–water partition coefficient (Wildman–Crippen LogP) is 1.15. The van der Waals surface area contributed by atoms with Gasteiger partial charge in [0.1, 0.15) is 0 Å². The minimum absolute atomic E-state index is 0.150. The molecule has 0 aromatic heterocycles. The Hall–Kier alpha value is -2.24. The van der Waals surface area contributed by atoms with E-state index < -0.39 is 0 Å². The lowest BCUT2D eigenvalue weighted by Crippen LogP contribution is -2.41. The van der Waals surface area contributed by atoms with Crippen molar-refractivity contribution in [3.8, 4) is 0 Å². The molecule has 1 aliphatic heterocycles. The van der Waals surface area contributed by atoms with E-state index in [1.54, 1.807) is 25.1 Å². The van der Waals surface area contributed by atoms with Gasteiger partial charge in [0.15, 0.2) is 0 Å². The van der Waals surface area contributed by atoms with E-state index in [-0.39, 0.29) is 17.8 Å². The summed E-state index contributed by atoms with van der Waals surface area (Å²) in [5, 5.41) is 0. The van der Waals surface area contributed by atoms with E-state index in [4.69, 9.17) is 16.2 Å². The minimum atomic E-state index is -0.385. The van der Waals surface area contributed by atoms with E-state index in [0.29, 0.717) is 24.4 Å². The number of rotatable bonds is 4. The molecule has 1 fully saturated rings. The first-order valence-electron chi connectivity index (χ1n) is 7.13. The van der Waals surface area contributed by atoms with Crippen molar-refractivity contribution in [1.82, 2.24) is 0 Å². The number of benzene rings is 1. The van der Waals surface area contributed by atoms with Crippen LogP contribution < -0.4 is 16.4 Å². The topological polar surface area (TPSA) is 98.6 Å². The van der Waals surface area contributed by atoms with Crippen molar-refractivity contribution in [3.05, 3.63) is 23.8 Å². The smallest absolute Gasteiger partial charge is 0.338 e. The number of nitrogens with two attached hydrogens (primary N) is 2. The number of amides is 1. The van der Waals surface area contributed by atoms with Crippen molar-refractivity contribution in [1.29, 1.82) is 0 Å². The van der Waals surface area contributed by atoms with Crippen LogP contribution in [0.25, 0.3) is 0 Å². The lowest BCUT2D eigenvalue weighted by molar-refractivity contribution is -0.122. The Bertz CT molecular complexity index is 545. The molecule has 21 heavy (non-hydrogen) atoms. The lowest BCUT2D eigenvalue weighted by Gasteiger charge is -2.33. The van der Waals surface area contributed by atoms with Crippen LogP contribution in [0.5, 0.6) is 0 Å². The molecule has 4 N–H and O–H groups in total. The fourth-order valence-corrected chi connectivity index (χ4v) is 2.61. The molecule has 1 amide bonds. The molecule has 1 aromatic carbocycles. The van der Waals surface area contributed by atoms with Gasteiger partial charge in [0.25, 0.3) is 0 Å². The summed E-state index contributed by atoms with van der Waals surface area (Å²) in [7, 11) is 0. The van der Waals surface area contributed by atoms with Gasteiger partial charge < -0.3 is 21.1 Å². The van der Waals surface area contributed by atoms with Crippen molar-refractivity contribution in [2.75, 3.05) is 30.3 Å². The van der Waals surface area contributed by atoms with Gasteiger partial charge in [-0.3, -0.25) is 4.79 Å². The number of hydrogen-bond acceptors (Lipinski definition) is 5. The van der Waals surface area contributed by atoms with Crippen LogP contribution >= 0.6 is 0 Å². The Kier molecular flexibility index (Phi) is 4.67. The quantitative estimate of drug-likeness (QED) is 0.640. The number of primary amides is 1. The van der Waals surface area contributed by atoms with Crippen LogP contribution in [0.2, 0.25) is 0 Å². The van der Waals surface area contributed by atoms with Gasteiger partial charge in [-0.2, -0.15) is 0 Å². The van der Waals surface area contributed by atoms with E-state index >= 15 is 0 Å². The van der Waals surface area contributed by atoms with Gasteiger partial charge in [-0.25, -0.2) is 4.79 Å². The molecule has 0 bridgehead atoms. The van der Waals surface area contributed by atoms with Crippen LogP contribution in [0.15, 0.2) is 18.2 Å². The normalized spacial score (nSPS) is 18.3. The number of nitrogen functional groups attached to an aromatic ring is 1. The zero-order valence-electron chi connectivity index (χ0n) is 12.2. The number of anilines is 2. The first kappa shape index (κ1) is 15.2. The van der Waals surface area contributed by atoms with Crippen LogP contribution in [0, 0.1) is 5.92 Å². The number of carbonyl (C=O) groups is 2. The first-order chi connectivity index (χ1) is 10.0. The Morgan fingerprint density at radius 2 is 2.19 bits per heavy atom. The Morgan fingerprint density at radius 1 is 1.43 bits per heavy atom. The number of esters is 1. The summed E-state index contributed by atoms with van der Waals surface area (Å²) in [5.74, 6) is -0.811. The van der Waals surface area contributed by atoms with Crippen LogP contribution in [0.4, 0.5) is 11.4 Å². The average Bonchev–Trinajstić information content (AvgIpc) is 2.47. The van der Waals surface area contributed by atoms with E-state index in [1.165, 1.54) is 0 Å². The van der Waals surface area contributed by atoms with E-state index in [2.05, 4.69) is 0 Å². The standard InChI is InChI=1S/C15H21N3O3/c1-2-21-15(20)10-5-6-13(12(16)8-10)18-7-3-4-11(9-18)14(17)19/h5-6,8,11H,2-4,7,9,16H2,1H3,(H2,17,19). The zero-order chi connectivity index (χ0) is 15.4. The van der Waals surface area contributed by atoms with Crippen molar-refractivity contribution >= 4 is 23.3 Å². The summed E-state index contributed by atoms with van der Waals surface area (Å²) in [4.78, 5) is 25.1. The second-order valence-corrected chi connectivity index (χ2v) is 5.18. The monoisotopic (exact) mass is 291 g/mol. The maximum absolute atomic E-state index is 11.7. The van der Waals surface area contributed by atoms with Gasteiger partial charge in [0.2, 0.25) is 5.91 Å². The molecule has 1 heterocycles. The molecule has 0 aliphatic carbocycles. The third kappa shape index (κ3) is 3.45. The van der Waals surface area contributed by atoms with Gasteiger partial charge in [-0.05, 0) is 38.0 Å². The van der Waals surface area contributed by atoms with Crippen LogP contribution in [-0.2, 0) is 9.53 Å². The molecule has 6 nitrogen and oxygen atoms in total. The van der Waals surface area contributed by atoms with Crippen molar-refractivity contribution in [3.63, 3.8) is 0 Å². The minimum Gasteiger partial charge on any atom is -0.462 e. The maximum Gasteiger partial charge on any atom is 0.338 e. The average molecular weight is 291 g/mol. The number of carbonyl (C=O) groups excluding carboxylic acids is 2. The predicted molar refractivity (Wildman–Crippen MR) is 80.9 cm³/mol. The molecule has 1 saturated heterocycles. The molecular weight excluding hydrogens is 270 g/mol. The first-order valence-corrected chi connectivity index (χ1v) is 7.13. The van der Waals surface area contributed by atoms with Gasteiger partial charge in [-0.1, -0.05) is 0 Å². The number of piperidine rings is 1. The molecule has 0 spiro atoms. The molecule has 1 unspecified atom stereocenters. The molecule has 2 rings (SSSR count). The SMILES string of the molecule is CCOC(=O)c1ccc(N2CCCC(C(N)=O)C2)c(N)c1. The Labute approximate surface area is 124 Å². The van der Waals surface area contributed by atoms with Gasteiger partial charge >= 0.3 is 5.97 Å². The highest BCUT2D eigenvalue weighted by Crippen LogP contribution is 2.29. The van der Waals surface area contributed by atoms with E-state index in [9.17, 15) is 9.59 Å². The molecule has 1 atom stereocenters. The molecule has 1 aromatic rings. The van der Waals surface area contributed by atoms with Crippen LogP contribution in [0.1, 0.15) is 30.1 Å². The van der Waals surface area contributed by atoms with E-state index in [1.807, 2.05) is 4.90 Å². The second-order valence-electron chi connectivity index (χ2n) is 5.18. The van der Waals surface area contributed by atoms with Crippen molar-refractivity contribution in [2.45, 2.75) is 19.8 Å². The van der Waals surface area contributed by atoms with Crippen molar-refractivity contribution in [2.24, 2.45) is 11.7 Å². The summed E-state index contributed by atoms with van der Waals surface area (Å²) in [6.45, 7) is 3.48. The third-order valence-electron chi connectivity index (χ3n) is 3.70. The zero-order valence-corrected chi connectivity index (χ0v) is 12.2. The summed E-state index contributed by atoms with van der Waals surface area (Å²) in [6, 6.07) is 5.10. The number of ether oxygens (including phenoxy) is 1. The summed E-state index contributed by atoms with van der Waals surface area (Å²) in [5.41, 5.74) is 13.2. The molecule has 0 radical (unpaired) electrons. The maximum atomic E-state index is 11.7. The molecule has 114 valence electrons.